The minimum atomic E-state index is 0.273. The SMILES string of the molecule is Cc1ccc2c(oc3ccccc32)c1-c1n(C)c2ccc(CC(C)(C)C)c3c2[n+]1CCCC3. The summed E-state index contributed by atoms with van der Waals surface area (Å²) in [4.78, 5) is 0. The number of hydrogen-bond acceptors (Lipinski definition) is 1. The summed E-state index contributed by atoms with van der Waals surface area (Å²) in [5, 5.41) is 2.39. The number of rotatable bonds is 2. The molecule has 0 spiro atoms. The Hall–Kier alpha value is -3.07. The fourth-order valence-electron chi connectivity index (χ4n) is 5.91. The normalized spacial score (nSPS) is 14.5. The molecule has 0 amide bonds. The van der Waals surface area contributed by atoms with Crippen LogP contribution in [0.15, 0.2) is 52.9 Å². The lowest BCUT2D eigenvalue weighted by molar-refractivity contribution is -0.660. The van der Waals surface area contributed by atoms with E-state index in [9.17, 15) is 0 Å². The summed E-state index contributed by atoms with van der Waals surface area (Å²) in [7, 11) is 2.23. The number of hydrogen-bond donors (Lipinski definition) is 0. The molecule has 0 bridgehead atoms. The first kappa shape index (κ1) is 20.5. The van der Waals surface area contributed by atoms with Gasteiger partial charge in [-0.05, 0) is 61.3 Å². The highest BCUT2D eigenvalue weighted by Gasteiger charge is 2.32. The highest BCUT2D eigenvalue weighted by Crippen LogP contribution is 2.39. The molecule has 3 aromatic carbocycles. The third-order valence-corrected chi connectivity index (χ3v) is 7.32. The summed E-state index contributed by atoms with van der Waals surface area (Å²) in [6.45, 7) is 10.3. The average molecular weight is 438 g/mol. The first-order valence-corrected chi connectivity index (χ1v) is 12.3. The molecule has 0 N–H and O–H groups in total. The largest absolute Gasteiger partial charge is 0.455 e. The van der Waals surface area contributed by atoms with Crippen LogP contribution in [0.1, 0.15) is 50.3 Å². The summed E-state index contributed by atoms with van der Waals surface area (Å²) >= 11 is 0. The molecule has 0 saturated carbocycles. The molecule has 2 aromatic heterocycles. The van der Waals surface area contributed by atoms with Gasteiger partial charge >= 0.3 is 0 Å². The number of aryl methyl sites for hydroxylation is 4. The Bertz CT molecular complexity index is 1540. The molecule has 1 aliphatic rings. The standard InChI is InChI=1S/C30H33N2O/c1-19-13-15-23-22-11-6-7-12-25(22)33-28(23)26(19)29-31(5)24-16-14-20(18-30(2,3)4)21-10-8-9-17-32(29)27(21)24/h6-7,11-16H,8-10,17-18H2,1-5H3/q+1. The van der Waals surface area contributed by atoms with Crippen molar-refractivity contribution < 1.29 is 8.98 Å². The number of furan rings is 1. The zero-order chi connectivity index (χ0) is 22.9. The molecule has 6 rings (SSSR count). The molecule has 33 heavy (non-hydrogen) atoms. The fourth-order valence-corrected chi connectivity index (χ4v) is 5.91. The molecule has 0 saturated heterocycles. The number of imidazole rings is 1. The molecule has 0 aliphatic carbocycles. The Morgan fingerprint density at radius 3 is 2.61 bits per heavy atom. The van der Waals surface area contributed by atoms with E-state index in [2.05, 4.69) is 92.4 Å². The Labute approximate surface area is 195 Å². The topological polar surface area (TPSA) is 21.9 Å². The van der Waals surface area contributed by atoms with Crippen molar-refractivity contribution in [2.24, 2.45) is 12.5 Å². The molecule has 0 atom stereocenters. The van der Waals surface area contributed by atoms with E-state index in [1.165, 1.54) is 63.6 Å². The molecular formula is C30H33N2O+. The van der Waals surface area contributed by atoms with E-state index >= 15 is 0 Å². The van der Waals surface area contributed by atoms with Crippen LogP contribution in [-0.4, -0.2) is 4.57 Å². The second-order valence-electron chi connectivity index (χ2n) is 11.0. The van der Waals surface area contributed by atoms with Crippen LogP contribution in [0.2, 0.25) is 0 Å². The number of para-hydroxylation sites is 1. The highest BCUT2D eigenvalue weighted by atomic mass is 16.3. The average Bonchev–Trinajstić information content (AvgIpc) is 3.16. The van der Waals surface area contributed by atoms with Gasteiger partial charge in [-0.1, -0.05) is 57.2 Å². The second-order valence-corrected chi connectivity index (χ2v) is 11.0. The quantitative estimate of drug-likeness (QED) is 0.266. The fraction of sp³-hybridized carbons (Fsp3) is 0.367. The smallest absolute Gasteiger partial charge is 0.293 e. The van der Waals surface area contributed by atoms with Crippen LogP contribution < -0.4 is 4.57 Å². The van der Waals surface area contributed by atoms with Crippen LogP contribution in [0.25, 0.3) is 44.4 Å². The Morgan fingerprint density at radius 1 is 0.970 bits per heavy atom. The van der Waals surface area contributed by atoms with Crippen molar-refractivity contribution in [3.05, 3.63) is 65.2 Å². The maximum atomic E-state index is 6.51. The minimum absolute atomic E-state index is 0.273. The van der Waals surface area contributed by atoms with Gasteiger partial charge in [0.25, 0.3) is 5.82 Å². The summed E-state index contributed by atoms with van der Waals surface area (Å²) < 4.78 is 11.5. The number of fused-ring (bicyclic) bond motifs is 3. The molecule has 0 radical (unpaired) electrons. The van der Waals surface area contributed by atoms with Crippen LogP contribution in [0.3, 0.4) is 0 Å². The molecule has 3 heterocycles. The van der Waals surface area contributed by atoms with E-state index in [0.29, 0.717) is 0 Å². The zero-order valence-corrected chi connectivity index (χ0v) is 20.5. The Balaban J connectivity index is 1.71. The van der Waals surface area contributed by atoms with Gasteiger partial charge in [0.05, 0.1) is 13.6 Å². The van der Waals surface area contributed by atoms with Gasteiger partial charge in [-0.25, -0.2) is 9.13 Å². The molecule has 0 unspecified atom stereocenters. The molecule has 0 fully saturated rings. The monoisotopic (exact) mass is 437 g/mol. The van der Waals surface area contributed by atoms with Crippen LogP contribution in [0.5, 0.6) is 0 Å². The van der Waals surface area contributed by atoms with Crippen molar-refractivity contribution in [2.75, 3.05) is 0 Å². The van der Waals surface area contributed by atoms with E-state index in [1.54, 1.807) is 5.56 Å². The van der Waals surface area contributed by atoms with E-state index in [-0.39, 0.29) is 5.41 Å². The molecule has 5 aromatic rings. The lowest BCUT2D eigenvalue weighted by Gasteiger charge is -2.20. The van der Waals surface area contributed by atoms with E-state index in [0.717, 1.165) is 24.1 Å². The third kappa shape index (κ3) is 3.13. The van der Waals surface area contributed by atoms with E-state index in [4.69, 9.17) is 4.42 Å². The number of benzene rings is 3. The zero-order valence-electron chi connectivity index (χ0n) is 20.5. The van der Waals surface area contributed by atoms with Crippen molar-refractivity contribution in [1.82, 2.24) is 4.57 Å². The van der Waals surface area contributed by atoms with Crippen LogP contribution in [0, 0.1) is 12.3 Å². The van der Waals surface area contributed by atoms with Crippen molar-refractivity contribution in [2.45, 2.75) is 59.9 Å². The van der Waals surface area contributed by atoms with Gasteiger partial charge in [-0.2, -0.15) is 0 Å². The Morgan fingerprint density at radius 2 is 1.79 bits per heavy atom. The van der Waals surface area contributed by atoms with Gasteiger partial charge in [-0.15, -0.1) is 0 Å². The van der Waals surface area contributed by atoms with Crippen molar-refractivity contribution in [3.63, 3.8) is 0 Å². The molecular weight excluding hydrogens is 404 g/mol. The maximum Gasteiger partial charge on any atom is 0.293 e. The highest BCUT2D eigenvalue weighted by molar-refractivity contribution is 6.09. The van der Waals surface area contributed by atoms with Crippen LogP contribution in [-0.2, 0) is 26.4 Å². The van der Waals surface area contributed by atoms with Gasteiger partial charge in [0, 0.05) is 16.3 Å². The number of aromatic nitrogens is 2. The lowest BCUT2D eigenvalue weighted by atomic mass is 9.85. The summed E-state index contributed by atoms with van der Waals surface area (Å²) in [5.74, 6) is 1.27. The Kier molecular flexibility index (Phi) is 4.49. The maximum absolute atomic E-state index is 6.51. The first-order chi connectivity index (χ1) is 15.8. The lowest BCUT2D eigenvalue weighted by Crippen LogP contribution is -2.35. The summed E-state index contributed by atoms with van der Waals surface area (Å²) in [6, 6.07) is 17.6. The summed E-state index contributed by atoms with van der Waals surface area (Å²) in [6.07, 6.45) is 4.73. The van der Waals surface area contributed by atoms with Gasteiger partial charge in [0.15, 0.2) is 16.6 Å². The van der Waals surface area contributed by atoms with Crippen LogP contribution >= 0.6 is 0 Å². The second kappa shape index (κ2) is 7.21. The predicted molar refractivity (Wildman–Crippen MR) is 137 cm³/mol. The molecule has 3 heteroatoms. The van der Waals surface area contributed by atoms with Crippen molar-refractivity contribution >= 4 is 33.0 Å². The predicted octanol–water partition coefficient (Wildman–Crippen LogP) is 7.27. The van der Waals surface area contributed by atoms with Gasteiger partial charge in [0.2, 0.25) is 0 Å². The molecule has 168 valence electrons. The third-order valence-electron chi connectivity index (χ3n) is 7.32. The van der Waals surface area contributed by atoms with Crippen LogP contribution in [0.4, 0.5) is 0 Å². The summed E-state index contributed by atoms with van der Waals surface area (Å²) in [5.41, 5.74) is 10.6. The van der Waals surface area contributed by atoms with E-state index < -0.39 is 0 Å². The van der Waals surface area contributed by atoms with Gasteiger partial charge < -0.3 is 4.42 Å². The molecule has 3 nitrogen and oxygen atoms in total. The first-order valence-electron chi connectivity index (χ1n) is 12.3. The minimum Gasteiger partial charge on any atom is -0.455 e. The van der Waals surface area contributed by atoms with Crippen molar-refractivity contribution in [1.29, 1.82) is 0 Å². The van der Waals surface area contributed by atoms with Gasteiger partial charge in [-0.3, -0.25) is 0 Å². The number of nitrogens with zero attached hydrogens (tertiary/aromatic N) is 2. The molecule has 1 aliphatic heterocycles. The van der Waals surface area contributed by atoms with E-state index in [1.807, 2.05) is 0 Å². The van der Waals surface area contributed by atoms with Crippen molar-refractivity contribution in [3.8, 4) is 11.4 Å². The van der Waals surface area contributed by atoms with Gasteiger partial charge in [0.1, 0.15) is 11.1 Å².